The Bertz CT molecular complexity index is 1100. The third kappa shape index (κ3) is 4.57. The van der Waals surface area contributed by atoms with Gasteiger partial charge in [-0.25, -0.2) is 9.36 Å². The number of ether oxygens (including phenoxy) is 3. The molecule has 0 bridgehead atoms. The highest BCUT2D eigenvalue weighted by Crippen LogP contribution is 2.31. The zero-order chi connectivity index (χ0) is 21.7. The van der Waals surface area contributed by atoms with Crippen molar-refractivity contribution in [2.24, 2.45) is 0 Å². The summed E-state index contributed by atoms with van der Waals surface area (Å²) < 4.78 is 45.5. The molecule has 0 aliphatic heterocycles. The van der Waals surface area contributed by atoms with Gasteiger partial charge in [-0.1, -0.05) is 17.3 Å². The van der Waals surface area contributed by atoms with Gasteiger partial charge in [0.15, 0.2) is 17.3 Å². The normalized spacial score (nSPS) is 10.7. The van der Waals surface area contributed by atoms with E-state index in [1.54, 1.807) is 18.2 Å². The third-order valence-corrected chi connectivity index (χ3v) is 4.01. The molecule has 9 nitrogen and oxygen atoms in total. The zero-order valence-electron chi connectivity index (χ0n) is 15.9. The number of amides is 1. The Morgan fingerprint density at radius 2 is 1.87 bits per heavy atom. The van der Waals surface area contributed by atoms with Crippen molar-refractivity contribution in [3.63, 3.8) is 0 Å². The maximum atomic E-state index is 12.5. The van der Waals surface area contributed by atoms with E-state index in [9.17, 15) is 18.4 Å². The van der Waals surface area contributed by atoms with Crippen molar-refractivity contribution in [3.8, 4) is 28.6 Å². The van der Waals surface area contributed by atoms with Gasteiger partial charge < -0.3 is 19.5 Å². The summed E-state index contributed by atoms with van der Waals surface area (Å²) in [4.78, 5) is 24.5. The first kappa shape index (κ1) is 20.8. The second-order valence-electron chi connectivity index (χ2n) is 5.85. The van der Waals surface area contributed by atoms with Crippen LogP contribution in [0.3, 0.4) is 0 Å². The van der Waals surface area contributed by atoms with Crippen molar-refractivity contribution < 1.29 is 32.3 Å². The number of alkyl halides is 2. The number of hydrogen-bond donors (Lipinski definition) is 1. The second-order valence-corrected chi connectivity index (χ2v) is 5.85. The van der Waals surface area contributed by atoms with Crippen LogP contribution in [0.2, 0.25) is 0 Å². The van der Waals surface area contributed by atoms with Crippen LogP contribution in [-0.4, -0.2) is 36.5 Å². The molecule has 1 amide bonds. The van der Waals surface area contributed by atoms with Gasteiger partial charge in [0.05, 0.1) is 19.9 Å². The summed E-state index contributed by atoms with van der Waals surface area (Å²) in [5.41, 5.74) is 0.465. The van der Waals surface area contributed by atoms with Crippen LogP contribution in [0.25, 0.3) is 11.4 Å². The predicted molar refractivity (Wildman–Crippen MR) is 101 cm³/mol. The average Bonchev–Trinajstić information content (AvgIpc) is 3.08. The van der Waals surface area contributed by atoms with E-state index in [0.717, 1.165) is 4.57 Å². The molecule has 0 aliphatic rings. The summed E-state index contributed by atoms with van der Waals surface area (Å²) in [6, 6.07) is 10.5. The number of halogens is 2. The highest BCUT2D eigenvalue weighted by molar-refractivity contribution is 5.92. The van der Waals surface area contributed by atoms with E-state index in [0.29, 0.717) is 17.1 Å². The van der Waals surface area contributed by atoms with Crippen molar-refractivity contribution in [1.82, 2.24) is 9.72 Å². The monoisotopic (exact) mass is 421 g/mol. The molecular weight excluding hydrogens is 404 g/mol. The third-order valence-electron chi connectivity index (χ3n) is 4.01. The van der Waals surface area contributed by atoms with E-state index in [1.807, 2.05) is 0 Å². The SMILES string of the molecule is COc1ccc(-c2noc(=O)n2CC(=O)Nc2ccccc2OC(F)F)cc1OC. The number of methoxy groups -OCH3 is 2. The van der Waals surface area contributed by atoms with Crippen LogP contribution in [0.1, 0.15) is 0 Å². The van der Waals surface area contributed by atoms with Crippen LogP contribution in [0.4, 0.5) is 14.5 Å². The van der Waals surface area contributed by atoms with E-state index in [2.05, 4.69) is 19.7 Å². The lowest BCUT2D eigenvalue weighted by atomic mass is 10.2. The van der Waals surface area contributed by atoms with Crippen LogP contribution >= 0.6 is 0 Å². The van der Waals surface area contributed by atoms with E-state index < -0.39 is 24.8 Å². The molecule has 158 valence electrons. The van der Waals surface area contributed by atoms with Crippen molar-refractivity contribution in [1.29, 1.82) is 0 Å². The molecule has 0 saturated carbocycles. The molecule has 3 rings (SSSR count). The number of benzene rings is 2. The Morgan fingerprint density at radius 1 is 1.13 bits per heavy atom. The minimum Gasteiger partial charge on any atom is -0.493 e. The molecular formula is C19H17F2N3O6. The number of para-hydroxylation sites is 2. The van der Waals surface area contributed by atoms with Crippen molar-refractivity contribution in [3.05, 3.63) is 53.0 Å². The first-order valence-corrected chi connectivity index (χ1v) is 8.55. The summed E-state index contributed by atoms with van der Waals surface area (Å²) in [5, 5.41) is 6.14. The van der Waals surface area contributed by atoms with E-state index in [-0.39, 0.29) is 17.3 Å². The van der Waals surface area contributed by atoms with Gasteiger partial charge in [-0.05, 0) is 30.3 Å². The Morgan fingerprint density at radius 3 is 2.57 bits per heavy atom. The lowest BCUT2D eigenvalue weighted by molar-refractivity contribution is -0.116. The molecule has 2 aromatic carbocycles. The van der Waals surface area contributed by atoms with Gasteiger partial charge in [-0.2, -0.15) is 8.78 Å². The molecule has 0 atom stereocenters. The quantitative estimate of drug-likeness (QED) is 0.596. The molecule has 11 heteroatoms. The fraction of sp³-hybridized carbons (Fsp3) is 0.211. The van der Waals surface area contributed by atoms with Gasteiger partial charge >= 0.3 is 12.4 Å². The molecule has 1 N–H and O–H groups in total. The molecule has 30 heavy (non-hydrogen) atoms. The lowest BCUT2D eigenvalue weighted by Crippen LogP contribution is -2.25. The topological polar surface area (TPSA) is 105 Å². The number of carbonyl (C=O) groups excluding carboxylic acids is 1. The smallest absolute Gasteiger partial charge is 0.442 e. The van der Waals surface area contributed by atoms with Crippen LogP contribution < -0.4 is 25.3 Å². The average molecular weight is 421 g/mol. The zero-order valence-corrected chi connectivity index (χ0v) is 15.9. The van der Waals surface area contributed by atoms with Gasteiger partial charge in [-0.15, -0.1) is 0 Å². The Kier molecular flexibility index (Phi) is 6.30. The molecule has 0 fully saturated rings. The van der Waals surface area contributed by atoms with Crippen molar-refractivity contribution in [2.75, 3.05) is 19.5 Å². The molecule has 1 aromatic heterocycles. The van der Waals surface area contributed by atoms with Crippen LogP contribution in [0.15, 0.2) is 51.8 Å². The van der Waals surface area contributed by atoms with E-state index in [1.165, 1.54) is 38.5 Å². The fourth-order valence-corrected chi connectivity index (χ4v) is 2.69. The van der Waals surface area contributed by atoms with Crippen LogP contribution in [0, 0.1) is 0 Å². The Hall–Kier alpha value is -3.89. The molecule has 0 radical (unpaired) electrons. The summed E-state index contributed by atoms with van der Waals surface area (Å²) >= 11 is 0. The van der Waals surface area contributed by atoms with E-state index >= 15 is 0 Å². The molecule has 0 spiro atoms. The summed E-state index contributed by atoms with van der Waals surface area (Å²) in [6.07, 6.45) is 0. The Labute approximate surface area is 168 Å². The number of nitrogens with zero attached hydrogens (tertiary/aromatic N) is 2. The number of rotatable bonds is 8. The molecule has 1 heterocycles. The van der Waals surface area contributed by atoms with Crippen LogP contribution in [0.5, 0.6) is 17.2 Å². The summed E-state index contributed by atoms with van der Waals surface area (Å²) in [5.74, 6) is -0.821. The van der Waals surface area contributed by atoms with Gasteiger partial charge in [0.25, 0.3) is 0 Å². The minimum absolute atomic E-state index is 0.0277. The number of aromatic nitrogens is 2. The van der Waals surface area contributed by atoms with E-state index in [4.69, 9.17) is 9.47 Å². The molecule has 0 aliphatic carbocycles. The minimum atomic E-state index is -3.06. The van der Waals surface area contributed by atoms with Crippen molar-refractivity contribution >= 4 is 11.6 Å². The largest absolute Gasteiger partial charge is 0.493 e. The maximum Gasteiger partial charge on any atom is 0.442 e. The molecule has 0 saturated heterocycles. The number of carbonyl (C=O) groups is 1. The second kappa shape index (κ2) is 9.07. The summed E-state index contributed by atoms with van der Waals surface area (Å²) in [7, 11) is 2.92. The maximum absolute atomic E-state index is 12.5. The highest BCUT2D eigenvalue weighted by Gasteiger charge is 2.19. The first-order chi connectivity index (χ1) is 14.4. The first-order valence-electron chi connectivity index (χ1n) is 8.55. The Balaban J connectivity index is 1.85. The summed E-state index contributed by atoms with van der Waals surface area (Å²) in [6.45, 7) is -3.53. The van der Waals surface area contributed by atoms with Gasteiger partial charge in [0.2, 0.25) is 5.91 Å². The number of nitrogens with one attached hydrogen (secondary N) is 1. The van der Waals surface area contributed by atoms with Crippen LogP contribution in [-0.2, 0) is 11.3 Å². The fourth-order valence-electron chi connectivity index (χ4n) is 2.69. The molecule has 3 aromatic rings. The van der Waals surface area contributed by atoms with Gasteiger partial charge in [0, 0.05) is 5.56 Å². The number of hydrogen-bond acceptors (Lipinski definition) is 7. The standard InChI is InChI=1S/C19H17F2N3O6/c1-27-14-8-7-11(9-15(14)28-2)17-23-30-19(26)24(17)10-16(25)22-12-5-3-4-6-13(12)29-18(20)21/h3-9,18H,10H2,1-2H3,(H,22,25). The molecule has 0 unspecified atom stereocenters. The van der Waals surface area contributed by atoms with Crippen molar-refractivity contribution in [2.45, 2.75) is 13.2 Å². The predicted octanol–water partition coefficient (Wildman–Crippen LogP) is 2.76. The van der Waals surface area contributed by atoms with Gasteiger partial charge in [0.1, 0.15) is 12.3 Å². The lowest BCUT2D eigenvalue weighted by Gasteiger charge is -2.12. The highest BCUT2D eigenvalue weighted by atomic mass is 19.3. The van der Waals surface area contributed by atoms with Gasteiger partial charge in [-0.3, -0.25) is 9.32 Å². The number of anilines is 1.